The Morgan fingerprint density at radius 1 is 1.14 bits per heavy atom. The van der Waals surface area contributed by atoms with Crippen LogP contribution in [0.15, 0.2) is 11.6 Å². The number of allylic oxidation sites excluding steroid dienone is 1. The Kier molecular flexibility index (Phi) is 7.52. The van der Waals surface area contributed by atoms with Crippen LogP contribution in [0.2, 0.25) is 18.1 Å². The zero-order valence-corrected chi connectivity index (χ0v) is 25.3. The first-order valence-electron chi connectivity index (χ1n) is 14.8. The molecule has 0 radical (unpaired) electrons. The molecular weight excluding hydrogens is 448 g/mol. The molecule has 8 atom stereocenters. The number of esters is 1. The highest BCUT2D eigenvalue weighted by atomic mass is 28.4. The summed E-state index contributed by atoms with van der Waals surface area (Å²) in [7, 11) is -1.74. The zero-order chi connectivity index (χ0) is 25.8. The fraction of sp³-hybridized carbons (Fsp3) is 0.903. The van der Waals surface area contributed by atoms with E-state index in [0.717, 1.165) is 30.1 Å². The van der Waals surface area contributed by atoms with Crippen molar-refractivity contribution in [1.82, 2.24) is 0 Å². The van der Waals surface area contributed by atoms with Gasteiger partial charge < -0.3 is 9.16 Å². The molecule has 0 aromatic carbocycles. The molecule has 4 aliphatic rings. The monoisotopic (exact) mass is 502 g/mol. The molecule has 0 amide bonds. The van der Waals surface area contributed by atoms with Gasteiger partial charge in [0.15, 0.2) is 8.32 Å². The molecule has 0 N–H and O–H groups in total. The third-order valence-electron chi connectivity index (χ3n) is 11.9. The third kappa shape index (κ3) is 4.73. The number of ether oxygens (including phenoxy) is 1. The van der Waals surface area contributed by atoms with E-state index < -0.39 is 8.32 Å². The summed E-state index contributed by atoms with van der Waals surface area (Å²) in [6.45, 7) is 21.8. The predicted molar refractivity (Wildman–Crippen MR) is 148 cm³/mol. The summed E-state index contributed by atoms with van der Waals surface area (Å²) in [6, 6.07) is 0. The summed E-state index contributed by atoms with van der Waals surface area (Å²) in [5.74, 6) is 3.59. The minimum atomic E-state index is -1.74. The molecular formula is C31H54O3Si. The molecule has 3 saturated carbocycles. The van der Waals surface area contributed by atoms with E-state index >= 15 is 0 Å². The van der Waals surface area contributed by atoms with Crippen molar-refractivity contribution in [2.45, 2.75) is 130 Å². The number of rotatable bonds is 6. The second-order valence-electron chi connectivity index (χ2n) is 14.6. The van der Waals surface area contributed by atoms with Gasteiger partial charge in [-0.2, -0.15) is 0 Å². The third-order valence-corrected chi connectivity index (χ3v) is 16.4. The van der Waals surface area contributed by atoms with Crippen molar-refractivity contribution in [2.75, 3.05) is 6.61 Å². The van der Waals surface area contributed by atoms with Gasteiger partial charge in [-0.1, -0.05) is 59.6 Å². The van der Waals surface area contributed by atoms with E-state index in [1.807, 2.05) is 6.92 Å². The maximum absolute atomic E-state index is 12.5. The summed E-state index contributed by atoms with van der Waals surface area (Å²) in [5.41, 5.74) is 2.35. The van der Waals surface area contributed by atoms with Crippen molar-refractivity contribution >= 4 is 14.3 Å². The highest BCUT2D eigenvalue weighted by molar-refractivity contribution is 6.74. The first-order chi connectivity index (χ1) is 16.3. The number of fused-ring (bicyclic) bond motifs is 5. The number of hydrogen-bond acceptors (Lipinski definition) is 3. The molecule has 4 heteroatoms. The molecule has 0 spiro atoms. The van der Waals surface area contributed by atoms with Crippen LogP contribution in [-0.4, -0.2) is 27.0 Å². The van der Waals surface area contributed by atoms with Crippen molar-refractivity contribution in [3.8, 4) is 0 Å². The molecule has 4 rings (SSSR count). The molecule has 4 aliphatic carbocycles. The largest absolute Gasteiger partial charge is 0.466 e. The molecule has 0 aliphatic heterocycles. The first-order valence-corrected chi connectivity index (χ1v) is 17.7. The fourth-order valence-electron chi connectivity index (χ4n) is 8.91. The fourth-order valence-corrected chi connectivity index (χ4v) is 10.3. The molecule has 0 bridgehead atoms. The van der Waals surface area contributed by atoms with Gasteiger partial charge in [-0.3, -0.25) is 4.79 Å². The number of hydrogen-bond donors (Lipinski definition) is 0. The lowest BCUT2D eigenvalue weighted by molar-refractivity contribution is -0.146. The SMILES string of the molecule is CCOC(=O)C[C@H]1CC(CC)[C@H]2[C@@H]3CC=C4C[C@@H](O[Si](C)(C)C(C)(C)C)CC[C@]4(C)[C@H]3CC[C@]12C. The lowest BCUT2D eigenvalue weighted by Gasteiger charge is -2.59. The average Bonchev–Trinajstić information content (AvgIpc) is 3.04. The van der Waals surface area contributed by atoms with Gasteiger partial charge in [0.25, 0.3) is 0 Å². The Hall–Kier alpha value is -0.613. The lowest BCUT2D eigenvalue weighted by Crippen LogP contribution is -2.52. The highest BCUT2D eigenvalue weighted by Gasteiger charge is 2.61. The van der Waals surface area contributed by atoms with Gasteiger partial charge in [0.1, 0.15) is 0 Å². The van der Waals surface area contributed by atoms with Crippen LogP contribution in [0.1, 0.15) is 106 Å². The Bertz CT molecular complexity index is 826. The van der Waals surface area contributed by atoms with Crippen molar-refractivity contribution < 1.29 is 14.0 Å². The molecule has 3 nitrogen and oxygen atoms in total. The maximum Gasteiger partial charge on any atom is 0.306 e. The number of carbonyl (C=O) groups is 1. The van der Waals surface area contributed by atoms with Crippen LogP contribution >= 0.6 is 0 Å². The van der Waals surface area contributed by atoms with Crippen LogP contribution in [0.4, 0.5) is 0 Å². The van der Waals surface area contributed by atoms with E-state index in [0.29, 0.717) is 35.9 Å². The Morgan fingerprint density at radius 3 is 2.49 bits per heavy atom. The quantitative estimate of drug-likeness (QED) is 0.207. The lowest BCUT2D eigenvalue weighted by atomic mass is 9.46. The topological polar surface area (TPSA) is 35.5 Å². The molecule has 0 aromatic heterocycles. The minimum absolute atomic E-state index is 0.0224. The normalized spacial score (nSPS) is 41.5. The van der Waals surface area contributed by atoms with Crippen LogP contribution < -0.4 is 0 Å². The molecule has 200 valence electrons. The van der Waals surface area contributed by atoms with Crippen molar-refractivity contribution in [3.63, 3.8) is 0 Å². The standard InChI is InChI=1S/C31H54O3Si/c1-10-21-18-23(20-27(32)33-11-2)31(7)17-15-26-25(28(21)31)13-12-22-19-24(14-16-30(22,26)6)34-35(8,9)29(3,4)5/h12,21,23-26,28H,10-11,13-20H2,1-9H3/t21?,23-,24+,25-,26+,28+,30+,31-/m1/s1. The molecule has 0 aromatic rings. The van der Waals surface area contributed by atoms with Crippen molar-refractivity contribution in [3.05, 3.63) is 11.6 Å². The van der Waals surface area contributed by atoms with E-state index in [1.165, 1.54) is 44.9 Å². The van der Waals surface area contributed by atoms with Gasteiger partial charge in [0.05, 0.1) is 6.61 Å². The van der Waals surface area contributed by atoms with Gasteiger partial charge in [0, 0.05) is 12.5 Å². The Labute approximate surface area is 217 Å². The Balaban J connectivity index is 1.54. The van der Waals surface area contributed by atoms with E-state index in [2.05, 4.69) is 60.7 Å². The van der Waals surface area contributed by atoms with Crippen molar-refractivity contribution in [1.29, 1.82) is 0 Å². The van der Waals surface area contributed by atoms with Gasteiger partial charge in [-0.25, -0.2) is 0 Å². The van der Waals surface area contributed by atoms with Gasteiger partial charge in [-0.05, 0) is 110 Å². The van der Waals surface area contributed by atoms with Crippen LogP contribution in [0, 0.1) is 40.4 Å². The van der Waals surface area contributed by atoms with E-state index in [1.54, 1.807) is 5.57 Å². The Morgan fingerprint density at radius 2 is 1.86 bits per heavy atom. The zero-order valence-electron chi connectivity index (χ0n) is 24.3. The van der Waals surface area contributed by atoms with Gasteiger partial charge in [-0.15, -0.1) is 0 Å². The van der Waals surface area contributed by atoms with E-state index in [9.17, 15) is 4.79 Å². The second-order valence-corrected chi connectivity index (χ2v) is 19.3. The van der Waals surface area contributed by atoms with Crippen LogP contribution in [0.5, 0.6) is 0 Å². The summed E-state index contributed by atoms with van der Waals surface area (Å²) in [5, 5.41) is 0.269. The van der Waals surface area contributed by atoms with Gasteiger partial charge in [0.2, 0.25) is 0 Å². The van der Waals surface area contributed by atoms with E-state index in [-0.39, 0.29) is 11.0 Å². The summed E-state index contributed by atoms with van der Waals surface area (Å²) in [6.07, 6.45) is 13.7. The number of carbonyl (C=O) groups excluding carboxylic acids is 1. The van der Waals surface area contributed by atoms with Crippen LogP contribution in [0.3, 0.4) is 0 Å². The van der Waals surface area contributed by atoms with Crippen molar-refractivity contribution in [2.24, 2.45) is 40.4 Å². The van der Waals surface area contributed by atoms with Crippen LogP contribution in [0.25, 0.3) is 0 Å². The maximum atomic E-state index is 12.5. The van der Waals surface area contributed by atoms with Crippen LogP contribution in [-0.2, 0) is 14.0 Å². The van der Waals surface area contributed by atoms with Gasteiger partial charge >= 0.3 is 5.97 Å². The molecule has 0 heterocycles. The molecule has 35 heavy (non-hydrogen) atoms. The summed E-state index contributed by atoms with van der Waals surface area (Å²) in [4.78, 5) is 12.5. The predicted octanol–water partition coefficient (Wildman–Crippen LogP) is 8.55. The highest BCUT2D eigenvalue weighted by Crippen LogP contribution is 2.68. The molecule has 0 saturated heterocycles. The molecule has 1 unspecified atom stereocenters. The molecule has 3 fully saturated rings. The van der Waals surface area contributed by atoms with E-state index in [4.69, 9.17) is 9.16 Å². The first kappa shape index (κ1) is 27.4. The second kappa shape index (κ2) is 9.60. The minimum Gasteiger partial charge on any atom is -0.466 e. The summed E-state index contributed by atoms with van der Waals surface area (Å²) < 4.78 is 12.3. The smallest absolute Gasteiger partial charge is 0.306 e. The summed E-state index contributed by atoms with van der Waals surface area (Å²) >= 11 is 0. The average molecular weight is 503 g/mol.